The summed E-state index contributed by atoms with van der Waals surface area (Å²) in [5.74, 6) is 0.259. The van der Waals surface area contributed by atoms with E-state index in [4.69, 9.17) is 4.74 Å². The van der Waals surface area contributed by atoms with Crippen molar-refractivity contribution in [2.75, 3.05) is 7.05 Å². The summed E-state index contributed by atoms with van der Waals surface area (Å²) >= 11 is 0. The van der Waals surface area contributed by atoms with Gasteiger partial charge in [0.05, 0.1) is 4.92 Å². The van der Waals surface area contributed by atoms with Crippen LogP contribution in [0.15, 0.2) is 0 Å². The van der Waals surface area contributed by atoms with Crippen LogP contribution in [0.4, 0.5) is 5.69 Å². The van der Waals surface area contributed by atoms with E-state index >= 15 is 0 Å². The van der Waals surface area contributed by atoms with Crippen LogP contribution < -0.4 is 10.1 Å². The minimum absolute atomic E-state index is 0.0251. The maximum Gasteiger partial charge on any atom is 0.353 e. The molecular weight excluding hydrogens is 248 g/mol. The number of nitrogens with one attached hydrogen (secondary N) is 1. The summed E-state index contributed by atoms with van der Waals surface area (Å²) in [4.78, 5) is 10.7. The van der Waals surface area contributed by atoms with E-state index in [1.54, 1.807) is 14.0 Å². The third kappa shape index (κ3) is 2.70. The van der Waals surface area contributed by atoms with Crippen LogP contribution in [-0.2, 0) is 7.05 Å². The fraction of sp³-hybridized carbons (Fsp3) is 0.750. The maximum atomic E-state index is 11.1. The summed E-state index contributed by atoms with van der Waals surface area (Å²) in [6.07, 6.45) is 4.16. The Balaban J connectivity index is 2.24. The number of likely N-dealkylation sites (N-methyl/N-ethyl adjacent to an activating group) is 1. The van der Waals surface area contributed by atoms with Crippen molar-refractivity contribution in [3.63, 3.8) is 0 Å². The summed E-state index contributed by atoms with van der Waals surface area (Å²) in [7, 11) is 3.57. The highest BCUT2D eigenvalue weighted by atomic mass is 16.6. The lowest BCUT2D eigenvalue weighted by Crippen LogP contribution is -2.43. The highest BCUT2D eigenvalue weighted by molar-refractivity contribution is 5.45. The van der Waals surface area contributed by atoms with Crippen LogP contribution in [0.25, 0.3) is 0 Å². The normalized spacial score (nSPS) is 23.3. The Morgan fingerprint density at radius 2 is 2.16 bits per heavy atom. The van der Waals surface area contributed by atoms with Crippen molar-refractivity contribution in [3.05, 3.63) is 15.8 Å². The molecule has 1 aromatic heterocycles. The van der Waals surface area contributed by atoms with Gasteiger partial charge in [0.25, 0.3) is 5.88 Å². The second kappa shape index (κ2) is 5.56. The lowest BCUT2D eigenvalue weighted by molar-refractivity contribution is -0.386. The molecule has 0 radical (unpaired) electrons. The molecule has 1 aromatic rings. The van der Waals surface area contributed by atoms with Gasteiger partial charge in [-0.3, -0.25) is 10.1 Å². The fourth-order valence-electron chi connectivity index (χ4n) is 2.68. The second-order valence-corrected chi connectivity index (χ2v) is 4.96. The Bertz CT molecular complexity index is 472. The SMILES string of the molecule is CNC1CCCCC1Oc1c([N+](=O)[O-])c(C)nn1C. The van der Waals surface area contributed by atoms with Gasteiger partial charge >= 0.3 is 5.69 Å². The van der Waals surface area contributed by atoms with E-state index in [9.17, 15) is 10.1 Å². The van der Waals surface area contributed by atoms with Crippen molar-refractivity contribution in [1.29, 1.82) is 0 Å². The van der Waals surface area contributed by atoms with Gasteiger partial charge in [-0.15, -0.1) is 0 Å². The third-order valence-corrected chi connectivity index (χ3v) is 3.66. The highest BCUT2D eigenvalue weighted by Crippen LogP contribution is 2.32. The Hall–Kier alpha value is -1.63. The monoisotopic (exact) mass is 268 g/mol. The quantitative estimate of drug-likeness (QED) is 0.661. The van der Waals surface area contributed by atoms with Crippen LogP contribution in [0.1, 0.15) is 31.4 Å². The molecular formula is C12H20N4O3. The predicted octanol–water partition coefficient (Wildman–Crippen LogP) is 1.55. The number of hydrogen-bond acceptors (Lipinski definition) is 5. The van der Waals surface area contributed by atoms with E-state index in [1.807, 2.05) is 7.05 Å². The van der Waals surface area contributed by atoms with Crippen molar-refractivity contribution >= 4 is 5.69 Å². The Morgan fingerprint density at radius 1 is 1.47 bits per heavy atom. The van der Waals surface area contributed by atoms with Crippen molar-refractivity contribution in [3.8, 4) is 5.88 Å². The van der Waals surface area contributed by atoms with E-state index < -0.39 is 4.92 Å². The average molecular weight is 268 g/mol. The fourth-order valence-corrected chi connectivity index (χ4v) is 2.68. The third-order valence-electron chi connectivity index (χ3n) is 3.66. The molecule has 1 saturated carbocycles. The van der Waals surface area contributed by atoms with Crippen LogP contribution in [0.5, 0.6) is 5.88 Å². The van der Waals surface area contributed by atoms with Crippen LogP contribution in [0, 0.1) is 17.0 Å². The van der Waals surface area contributed by atoms with Crippen molar-refractivity contribution in [2.45, 2.75) is 44.8 Å². The zero-order valence-corrected chi connectivity index (χ0v) is 11.5. The summed E-state index contributed by atoms with van der Waals surface area (Å²) < 4.78 is 7.35. The summed E-state index contributed by atoms with van der Waals surface area (Å²) in [5, 5.41) is 18.4. The molecule has 106 valence electrons. The lowest BCUT2D eigenvalue weighted by Gasteiger charge is -2.31. The van der Waals surface area contributed by atoms with E-state index in [0.717, 1.165) is 25.7 Å². The van der Waals surface area contributed by atoms with Crippen LogP contribution >= 0.6 is 0 Å². The summed E-state index contributed by atoms with van der Waals surface area (Å²) in [6.45, 7) is 1.63. The van der Waals surface area contributed by atoms with E-state index in [-0.39, 0.29) is 23.7 Å². The molecule has 1 fully saturated rings. The van der Waals surface area contributed by atoms with E-state index in [0.29, 0.717) is 5.69 Å². The number of hydrogen-bond donors (Lipinski definition) is 1. The Kier molecular flexibility index (Phi) is 4.04. The van der Waals surface area contributed by atoms with Gasteiger partial charge in [-0.05, 0) is 33.2 Å². The number of ether oxygens (including phenoxy) is 1. The molecule has 7 nitrogen and oxygen atoms in total. The van der Waals surface area contributed by atoms with E-state index in [1.165, 1.54) is 4.68 Å². The van der Waals surface area contributed by atoms with Crippen molar-refractivity contribution in [1.82, 2.24) is 15.1 Å². The van der Waals surface area contributed by atoms with Gasteiger partial charge in [0.15, 0.2) is 0 Å². The van der Waals surface area contributed by atoms with Gasteiger partial charge in [-0.25, -0.2) is 4.68 Å². The maximum absolute atomic E-state index is 11.1. The van der Waals surface area contributed by atoms with Gasteiger partial charge in [-0.1, -0.05) is 6.42 Å². The van der Waals surface area contributed by atoms with Crippen molar-refractivity contribution < 1.29 is 9.66 Å². The minimum Gasteiger partial charge on any atom is -0.468 e. The minimum atomic E-state index is -0.422. The Labute approximate surface area is 112 Å². The van der Waals surface area contributed by atoms with Gasteiger partial charge in [0, 0.05) is 13.1 Å². The largest absolute Gasteiger partial charge is 0.468 e. The highest BCUT2D eigenvalue weighted by Gasteiger charge is 2.32. The van der Waals surface area contributed by atoms with E-state index in [2.05, 4.69) is 10.4 Å². The number of nitrogens with zero attached hydrogens (tertiary/aromatic N) is 3. The first kappa shape index (κ1) is 13.8. The number of aromatic nitrogens is 2. The lowest BCUT2D eigenvalue weighted by atomic mass is 9.92. The van der Waals surface area contributed by atoms with Gasteiger partial charge < -0.3 is 10.1 Å². The molecule has 1 heterocycles. The molecule has 1 N–H and O–H groups in total. The number of nitro groups is 1. The topological polar surface area (TPSA) is 82.2 Å². The zero-order chi connectivity index (χ0) is 14.0. The predicted molar refractivity (Wildman–Crippen MR) is 70.3 cm³/mol. The number of aryl methyl sites for hydroxylation is 2. The molecule has 0 aromatic carbocycles. The van der Waals surface area contributed by atoms with Gasteiger partial charge in [0.1, 0.15) is 11.8 Å². The smallest absolute Gasteiger partial charge is 0.353 e. The molecule has 0 spiro atoms. The molecule has 1 aliphatic carbocycles. The van der Waals surface area contributed by atoms with Crippen molar-refractivity contribution in [2.24, 2.45) is 7.05 Å². The Morgan fingerprint density at radius 3 is 2.79 bits per heavy atom. The molecule has 0 amide bonds. The first-order valence-corrected chi connectivity index (χ1v) is 6.56. The zero-order valence-electron chi connectivity index (χ0n) is 11.5. The number of rotatable bonds is 4. The molecule has 2 rings (SSSR count). The molecule has 0 aliphatic heterocycles. The standard InChI is InChI=1S/C12H20N4O3/c1-8-11(16(17)18)12(15(3)14-8)19-10-7-5-4-6-9(10)13-2/h9-10,13H,4-7H2,1-3H3. The van der Waals surface area contributed by atoms with Crippen LogP contribution in [-0.4, -0.2) is 33.9 Å². The van der Waals surface area contributed by atoms with Gasteiger partial charge in [0.2, 0.25) is 0 Å². The molecule has 7 heteroatoms. The second-order valence-electron chi connectivity index (χ2n) is 4.96. The molecule has 19 heavy (non-hydrogen) atoms. The molecule has 1 aliphatic rings. The van der Waals surface area contributed by atoms with Crippen LogP contribution in [0.2, 0.25) is 0 Å². The van der Waals surface area contributed by atoms with Gasteiger partial charge in [-0.2, -0.15) is 5.10 Å². The first-order valence-electron chi connectivity index (χ1n) is 6.56. The van der Waals surface area contributed by atoms with Crippen LogP contribution in [0.3, 0.4) is 0 Å². The molecule has 0 saturated heterocycles. The molecule has 0 bridgehead atoms. The first-order chi connectivity index (χ1) is 9.04. The average Bonchev–Trinajstić information content (AvgIpc) is 2.65. The molecule has 2 atom stereocenters. The molecule has 2 unspecified atom stereocenters. The summed E-state index contributed by atoms with van der Waals surface area (Å²) in [5.41, 5.74) is 0.363. The summed E-state index contributed by atoms with van der Waals surface area (Å²) in [6, 6.07) is 0.239.